The lowest BCUT2D eigenvalue weighted by Gasteiger charge is -2.33. The summed E-state index contributed by atoms with van der Waals surface area (Å²) in [6, 6.07) is 0. The molecule has 0 aliphatic carbocycles. The highest BCUT2D eigenvalue weighted by atomic mass is 32.2. The lowest BCUT2D eigenvalue weighted by atomic mass is 9.90. The Kier molecular flexibility index (Phi) is 6.81. The van der Waals surface area contributed by atoms with Gasteiger partial charge in [0.25, 0.3) is 0 Å². The number of hydrogen-bond donors (Lipinski definition) is 1. The predicted octanol–water partition coefficient (Wildman–Crippen LogP) is 3.98. The van der Waals surface area contributed by atoms with Crippen LogP contribution in [0.4, 0.5) is 0 Å². The molecule has 6 heteroatoms. The van der Waals surface area contributed by atoms with Gasteiger partial charge in [-0.2, -0.15) is 11.8 Å². The lowest BCUT2D eigenvalue weighted by Crippen LogP contribution is -2.41. The van der Waals surface area contributed by atoms with Crippen molar-refractivity contribution in [1.82, 2.24) is 0 Å². The van der Waals surface area contributed by atoms with Gasteiger partial charge in [0.05, 0.1) is 5.71 Å². The second-order valence-corrected chi connectivity index (χ2v) is 7.31. The number of carbonyl (C=O) groups excluding carboxylic acids is 1. The summed E-state index contributed by atoms with van der Waals surface area (Å²) >= 11 is 1.76. The van der Waals surface area contributed by atoms with Crippen LogP contribution in [-0.4, -0.2) is 40.5 Å². The van der Waals surface area contributed by atoms with Crippen LogP contribution in [0.25, 0.3) is 0 Å². The van der Waals surface area contributed by atoms with E-state index in [2.05, 4.69) is 12.1 Å². The van der Waals surface area contributed by atoms with Crippen molar-refractivity contribution in [2.24, 2.45) is 5.16 Å². The summed E-state index contributed by atoms with van der Waals surface area (Å²) < 4.78 is 5.68. The van der Waals surface area contributed by atoms with E-state index in [9.17, 15) is 9.90 Å². The molecule has 1 spiro atoms. The number of esters is 1. The average Bonchev–Trinajstić information content (AvgIpc) is 2.93. The van der Waals surface area contributed by atoms with Crippen LogP contribution in [0.5, 0.6) is 0 Å². The molecular weight excluding hydrogens is 314 g/mol. The molecular formula is C17H27NO4S. The Labute approximate surface area is 142 Å². The molecule has 1 unspecified atom stereocenters. The number of aliphatic hydroxyl groups excluding tert-OH is 1. The highest BCUT2D eigenvalue weighted by Crippen LogP contribution is 2.40. The third-order valence-corrected chi connectivity index (χ3v) is 5.37. The van der Waals surface area contributed by atoms with Crippen LogP contribution in [-0.2, 0) is 14.4 Å². The zero-order valence-electron chi connectivity index (χ0n) is 14.1. The number of ether oxygens (including phenoxy) is 1. The Morgan fingerprint density at radius 3 is 2.83 bits per heavy atom. The first-order chi connectivity index (χ1) is 11.1. The van der Waals surface area contributed by atoms with E-state index in [1.807, 2.05) is 6.92 Å². The van der Waals surface area contributed by atoms with E-state index >= 15 is 0 Å². The molecule has 0 amide bonds. The van der Waals surface area contributed by atoms with Gasteiger partial charge in [-0.3, -0.25) is 0 Å². The summed E-state index contributed by atoms with van der Waals surface area (Å²) in [5.74, 6) is 1.37. The van der Waals surface area contributed by atoms with Gasteiger partial charge in [-0.15, -0.1) is 0 Å². The average molecular weight is 341 g/mol. The first-order valence-corrected chi connectivity index (χ1v) is 9.69. The zero-order chi connectivity index (χ0) is 16.7. The molecule has 0 aromatic heterocycles. The fraction of sp³-hybridized carbons (Fsp3) is 0.765. The van der Waals surface area contributed by atoms with Crippen molar-refractivity contribution in [1.29, 1.82) is 0 Å². The van der Waals surface area contributed by atoms with E-state index in [4.69, 9.17) is 9.57 Å². The molecule has 2 aliphatic rings. The smallest absolute Gasteiger partial charge is 0.344 e. The van der Waals surface area contributed by atoms with Gasteiger partial charge in [0.2, 0.25) is 0 Å². The number of carbonyl (C=O) groups is 1. The van der Waals surface area contributed by atoms with Gasteiger partial charge in [0.15, 0.2) is 0 Å². The van der Waals surface area contributed by atoms with Gasteiger partial charge in [-0.05, 0) is 25.0 Å². The second-order valence-electron chi connectivity index (χ2n) is 6.20. The van der Waals surface area contributed by atoms with Crippen molar-refractivity contribution in [2.75, 3.05) is 18.1 Å². The Balaban J connectivity index is 2.10. The van der Waals surface area contributed by atoms with Gasteiger partial charge in [-0.1, -0.05) is 38.3 Å². The topological polar surface area (TPSA) is 68.1 Å². The quantitative estimate of drug-likeness (QED) is 0.313. The standard InChI is InChI=1S/C17H27NO4S/c1-3-5-6-9-21-18-13(7-4-2)15-14(19)11-17(22-16(15)20)8-10-23-12-17/h19H,3-12H2,1-2H3. The van der Waals surface area contributed by atoms with Crippen molar-refractivity contribution in [3.8, 4) is 0 Å². The molecule has 5 nitrogen and oxygen atoms in total. The molecule has 2 heterocycles. The van der Waals surface area contributed by atoms with E-state index in [0.29, 0.717) is 25.2 Å². The summed E-state index contributed by atoms with van der Waals surface area (Å²) in [5.41, 5.74) is 0.200. The molecule has 0 aromatic carbocycles. The van der Waals surface area contributed by atoms with Crippen LogP contribution in [0.2, 0.25) is 0 Å². The molecule has 2 aliphatic heterocycles. The molecule has 1 atom stereocenters. The first-order valence-electron chi connectivity index (χ1n) is 8.54. The molecule has 2 rings (SSSR count). The van der Waals surface area contributed by atoms with Crippen molar-refractivity contribution in [2.45, 2.75) is 64.4 Å². The molecule has 0 bridgehead atoms. The molecule has 1 N–H and O–H groups in total. The van der Waals surface area contributed by atoms with E-state index in [1.165, 1.54) is 0 Å². The third-order valence-electron chi connectivity index (χ3n) is 4.15. The Morgan fingerprint density at radius 2 is 2.22 bits per heavy atom. The SMILES string of the molecule is CCCCCON=C(CCC)C1=C(O)CC2(CCSC2)OC1=O. The summed E-state index contributed by atoms with van der Waals surface area (Å²) in [4.78, 5) is 17.8. The Hall–Kier alpha value is -1.17. The van der Waals surface area contributed by atoms with Crippen LogP contribution in [0, 0.1) is 0 Å². The normalized spacial score (nSPS) is 25.1. The van der Waals surface area contributed by atoms with Gasteiger partial charge in [0.1, 0.15) is 23.5 Å². The van der Waals surface area contributed by atoms with Crippen molar-refractivity contribution < 1.29 is 19.5 Å². The minimum absolute atomic E-state index is 0.105. The largest absolute Gasteiger partial charge is 0.511 e. The van der Waals surface area contributed by atoms with Crippen LogP contribution < -0.4 is 0 Å². The van der Waals surface area contributed by atoms with Crippen LogP contribution in [0.15, 0.2) is 16.5 Å². The van der Waals surface area contributed by atoms with Gasteiger partial charge < -0.3 is 14.7 Å². The van der Waals surface area contributed by atoms with E-state index in [-0.39, 0.29) is 11.3 Å². The number of rotatable bonds is 8. The molecule has 130 valence electrons. The monoisotopic (exact) mass is 341 g/mol. The van der Waals surface area contributed by atoms with E-state index in [0.717, 1.165) is 43.6 Å². The first kappa shape index (κ1) is 18.2. The third kappa shape index (κ3) is 4.66. The van der Waals surface area contributed by atoms with Crippen molar-refractivity contribution in [3.05, 3.63) is 11.3 Å². The van der Waals surface area contributed by atoms with Gasteiger partial charge in [-0.25, -0.2) is 4.79 Å². The van der Waals surface area contributed by atoms with Crippen molar-refractivity contribution >= 4 is 23.4 Å². The summed E-state index contributed by atoms with van der Waals surface area (Å²) in [6.45, 7) is 4.67. The van der Waals surface area contributed by atoms with Crippen LogP contribution in [0.1, 0.15) is 58.8 Å². The van der Waals surface area contributed by atoms with Crippen LogP contribution in [0.3, 0.4) is 0 Å². The number of thioether (sulfide) groups is 1. The highest BCUT2D eigenvalue weighted by Gasteiger charge is 2.45. The number of nitrogens with zero attached hydrogens (tertiary/aromatic N) is 1. The van der Waals surface area contributed by atoms with E-state index in [1.54, 1.807) is 11.8 Å². The van der Waals surface area contributed by atoms with Gasteiger partial charge in [0, 0.05) is 12.2 Å². The Morgan fingerprint density at radius 1 is 1.39 bits per heavy atom. The van der Waals surface area contributed by atoms with E-state index < -0.39 is 11.6 Å². The number of aliphatic hydroxyl groups is 1. The molecule has 0 aromatic rings. The highest BCUT2D eigenvalue weighted by molar-refractivity contribution is 7.99. The maximum absolute atomic E-state index is 12.4. The van der Waals surface area contributed by atoms with Crippen molar-refractivity contribution in [3.63, 3.8) is 0 Å². The molecule has 1 fully saturated rings. The molecule has 0 saturated carbocycles. The fourth-order valence-corrected chi connectivity index (χ4v) is 4.22. The van der Waals surface area contributed by atoms with Gasteiger partial charge >= 0.3 is 5.97 Å². The number of unbranched alkanes of at least 4 members (excludes halogenated alkanes) is 2. The minimum atomic E-state index is -0.519. The maximum Gasteiger partial charge on any atom is 0.344 e. The van der Waals surface area contributed by atoms with Crippen LogP contribution >= 0.6 is 11.8 Å². The summed E-state index contributed by atoms with van der Waals surface area (Å²) in [7, 11) is 0. The fourth-order valence-electron chi connectivity index (χ4n) is 2.88. The number of hydrogen-bond acceptors (Lipinski definition) is 6. The molecule has 0 radical (unpaired) electrons. The summed E-state index contributed by atoms with van der Waals surface area (Å²) in [5, 5.41) is 14.6. The molecule has 23 heavy (non-hydrogen) atoms. The second kappa shape index (κ2) is 8.62. The Bertz CT molecular complexity index is 481. The summed E-state index contributed by atoms with van der Waals surface area (Å²) in [6.07, 6.45) is 5.75. The molecule has 1 saturated heterocycles. The predicted molar refractivity (Wildman–Crippen MR) is 92.9 cm³/mol. The number of oxime groups is 1. The maximum atomic E-state index is 12.4. The zero-order valence-corrected chi connectivity index (χ0v) is 14.9. The minimum Gasteiger partial charge on any atom is -0.511 e. The lowest BCUT2D eigenvalue weighted by molar-refractivity contribution is -0.155.